The van der Waals surface area contributed by atoms with Crippen LogP contribution in [0.4, 0.5) is 0 Å². The summed E-state index contributed by atoms with van der Waals surface area (Å²) in [5, 5.41) is 11.7. The molecule has 0 aliphatic heterocycles. The smallest absolute Gasteiger partial charge is 0.273 e. The van der Waals surface area contributed by atoms with Gasteiger partial charge in [-0.05, 0) is 49.7 Å². The molecule has 2 atom stereocenters. The van der Waals surface area contributed by atoms with Crippen molar-refractivity contribution in [2.45, 2.75) is 44.2 Å². The molecule has 126 valence electrons. The SMILES string of the molecule is NC1CC2CCCC(C1)C2NC(=O)c1cnn(-c2ccccc2)n1. The van der Waals surface area contributed by atoms with Crippen molar-refractivity contribution in [2.75, 3.05) is 0 Å². The largest absolute Gasteiger partial charge is 0.347 e. The zero-order valence-corrected chi connectivity index (χ0v) is 13.6. The molecule has 0 radical (unpaired) electrons. The number of aromatic nitrogens is 3. The van der Waals surface area contributed by atoms with Gasteiger partial charge in [-0.1, -0.05) is 24.6 Å². The second kappa shape index (κ2) is 6.36. The van der Waals surface area contributed by atoms with Crippen molar-refractivity contribution in [3.8, 4) is 5.69 Å². The van der Waals surface area contributed by atoms with Gasteiger partial charge in [-0.2, -0.15) is 9.90 Å². The van der Waals surface area contributed by atoms with Crippen molar-refractivity contribution >= 4 is 5.91 Å². The zero-order valence-electron chi connectivity index (χ0n) is 13.6. The van der Waals surface area contributed by atoms with E-state index in [9.17, 15) is 4.79 Å². The number of rotatable bonds is 3. The van der Waals surface area contributed by atoms with Gasteiger partial charge in [-0.3, -0.25) is 4.79 Å². The Morgan fingerprint density at radius 3 is 2.58 bits per heavy atom. The number of carbonyl (C=O) groups excluding carboxylic acids is 1. The van der Waals surface area contributed by atoms with E-state index in [0.717, 1.165) is 31.4 Å². The van der Waals surface area contributed by atoms with Crippen LogP contribution in [0.5, 0.6) is 0 Å². The molecule has 1 aromatic heterocycles. The van der Waals surface area contributed by atoms with Crippen molar-refractivity contribution in [2.24, 2.45) is 17.6 Å². The molecule has 2 aliphatic rings. The highest BCUT2D eigenvalue weighted by molar-refractivity contribution is 5.92. The summed E-state index contributed by atoms with van der Waals surface area (Å²) in [4.78, 5) is 14.1. The van der Waals surface area contributed by atoms with Gasteiger partial charge in [-0.25, -0.2) is 0 Å². The molecule has 0 spiro atoms. The summed E-state index contributed by atoms with van der Waals surface area (Å²) < 4.78 is 0. The highest BCUT2D eigenvalue weighted by Gasteiger charge is 2.40. The number of carbonyl (C=O) groups is 1. The molecule has 2 aliphatic carbocycles. The van der Waals surface area contributed by atoms with Crippen molar-refractivity contribution in [3.05, 3.63) is 42.2 Å². The quantitative estimate of drug-likeness (QED) is 0.902. The van der Waals surface area contributed by atoms with Gasteiger partial charge < -0.3 is 11.1 Å². The van der Waals surface area contributed by atoms with Crippen LogP contribution in [0.25, 0.3) is 5.69 Å². The Hall–Kier alpha value is -2.21. The van der Waals surface area contributed by atoms with Crippen molar-refractivity contribution < 1.29 is 4.79 Å². The second-order valence-electron chi connectivity index (χ2n) is 7.04. The molecule has 1 aromatic carbocycles. The molecular weight excluding hydrogens is 302 g/mol. The van der Waals surface area contributed by atoms with Gasteiger partial charge in [0.15, 0.2) is 5.69 Å². The summed E-state index contributed by atoms with van der Waals surface area (Å²) in [5.74, 6) is 0.871. The molecule has 3 N–H and O–H groups in total. The first kappa shape index (κ1) is 15.3. The Labute approximate surface area is 141 Å². The molecule has 2 saturated carbocycles. The van der Waals surface area contributed by atoms with E-state index in [0.29, 0.717) is 17.5 Å². The topological polar surface area (TPSA) is 85.8 Å². The van der Waals surface area contributed by atoms with E-state index in [1.807, 2.05) is 30.3 Å². The first-order valence-electron chi connectivity index (χ1n) is 8.75. The van der Waals surface area contributed by atoms with Gasteiger partial charge in [0.1, 0.15) is 0 Å². The van der Waals surface area contributed by atoms with E-state index >= 15 is 0 Å². The number of fused-ring (bicyclic) bond motifs is 2. The molecule has 0 saturated heterocycles. The molecule has 1 heterocycles. The number of nitrogens with two attached hydrogens (primary N) is 1. The predicted molar refractivity (Wildman–Crippen MR) is 90.7 cm³/mol. The number of nitrogens with one attached hydrogen (secondary N) is 1. The highest BCUT2D eigenvalue weighted by Crippen LogP contribution is 2.39. The lowest BCUT2D eigenvalue weighted by molar-refractivity contribution is 0.0751. The van der Waals surface area contributed by atoms with Crippen LogP contribution in [0.1, 0.15) is 42.6 Å². The summed E-state index contributed by atoms with van der Waals surface area (Å²) >= 11 is 0. The molecule has 6 nitrogen and oxygen atoms in total. The van der Waals surface area contributed by atoms with Crippen LogP contribution in [0.15, 0.2) is 36.5 Å². The summed E-state index contributed by atoms with van der Waals surface area (Å²) in [5.41, 5.74) is 7.37. The minimum Gasteiger partial charge on any atom is -0.347 e. The normalized spacial score (nSPS) is 29.2. The van der Waals surface area contributed by atoms with E-state index in [4.69, 9.17) is 5.73 Å². The van der Waals surface area contributed by atoms with E-state index in [1.165, 1.54) is 17.4 Å². The molecule has 2 fully saturated rings. The van der Waals surface area contributed by atoms with Crippen molar-refractivity contribution in [1.82, 2.24) is 20.3 Å². The monoisotopic (exact) mass is 325 g/mol. The van der Waals surface area contributed by atoms with Gasteiger partial charge in [0.05, 0.1) is 11.9 Å². The van der Waals surface area contributed by atoms with Gasteiger partial charge >= 0.3 is 0 Å². The fraction of sp³-hybridized carbons (Fsp3) is 0.500. The number of hydrogen-bond acceptors (Lipinski definition) is 4. The van der Waals surface area contributed by atoms with Gasteiger partial charge in [0.25, 0.3) is 5.91 Å². The lowest BCUT2D eigenvalue weighted by Crippen LogP contribution is -2.53. The van der Waals surface area contributed by atoms with Crippen LogP contribution >= 0.6 is 0 Å². The minimum absolute atomic E-state index is 0.130. The molecule has 4 rings (SSSR count). The molecule has 2 aromatic rings. The maximum absolute atomic E-state index is 12.6. The average molecular weight is 325 g/mol. The van der Waals surface area contributed by atoms with Crippen LogP contribution < -0.4 is 11.1 Å². The minimum atomic E-state index is -0.130. The number of para-hydroxylation sites is 1. The predicted octanol–water partition coefficient (Wildman–Crippen LogP) is 1.90. The third-order valence-corrected chi connectivity index (χ3v) is 5.39. The van der Waals surface area contributed by atoms with Crippen molar-refractivity contribution in [1.29, 1.82) is 0 Å². The van der Waals surface area contributed by atoms with E-state index in [-0.39, 0.29) is 18.0 Å². The standard InChI is InChI=1S/C18H23N5O/c19-14-9-12-5-4-6-13(10-14)17(12)21-18(24)16-11-20-23(22-16)15-7-2-1-3-8-15/h1-3,7-8,11-14,17H,4-6,9-10,19H2,(H,21,24). The number of nitrogens with zero attached hydrogens (tertiary/aromatic N) is 3. The third-order valence-electron chi connectivity index (χ3n) is 5.39. The Morgan fingerprint density at radius 1 is 1.17 bits per heavy atom. The lowest BCUT2D eigenvalue weighted by atomic mass is 9.67. The molecule has 6 heteroatoms. The maximum atomic E-state index is 12.6. The summed E-state index contributed by atoms with van der Waals surface area (Å²) in [7, 11) is 0. The molecule has 2 unspecified atom stereocenters. The Bertz CT molecular complexity index is 699. The Morgan fingerprint density at radius 2 is 1.88 bits per heavy atom. The number of hydrogen-bond donors (Lipinski definition) is 2. The summed E-state index contributed by atoms with van der Waals surface area (Å²) in [6.45, 7) is 0. The molecule has 24 heavy (non-hydrogen) atoms. The average Bonchev–Trinajstić information content (AvgIpc) is 3.07. The maximum Gasteiger partial charge on any atom is 0.273 e. The van der Waals surface area contributed by atoms with E-state index < -0.39 is 0 Å². The lowest BCUT2D eigenvalue weighted by Gasteiger charge is -2.45. The van der Waals surface area contributed by atoms with Gasteiger partial charge in [0, 0.05) is 12.1 Å². The molecular formula is C18H23N5O. The number of benzene rings is 1. The van der Waals surface area contributed by atoms with Crippen LogP contribution in [0, 0.1) is 11.8 Å². The van der Waals surface area contributed by atoms with E-state index in [2.05, 4.69) is 15.5 Å². The third kappa shape index (κ3) is 2.94. The van der Waals surface area contributed by atoms with Gasteiger partial charge in [-0.15, -0.1) is 5.10 Å². The Balaban J connectivity index is 1.48. The summed E-state index contributed by atoms with van der Waals surface area (Å²) in [6.07, 6.45) is 7.12. The van der Waals surface area contributed by atoms with Crippen LogP contribution in [0.2, 0.25) is 0 Å². The van der Waals surface area contributed by atoms with Crippen LogP contribution in [-0.4, -0.2) is 33.0 Å². The zero-order chi connectivity index (χ0) is 16.5. The Kier molecular flexibility index (Phi) is 4.06. The molecule has 1 amide bonds. The fourth-order valence-corrected chi connectivity index (χ4v) is 4.30. The van der Waals surface area contributed by atoms with E-state index in [1.54, 1.807) is 0 Å². The van der Waals surface area contributed by atoms with Crippen LogP contribution in [-0.2, 0) is 0 Å². The van der Waals surface area contributed by atoms with Crippen LogP contribution in [0.3, 0.4) is 0 Å². The van der Waals surface area contributed by atoms with Gasteiger partial charge in [0.2, 0.25) is 0 Å². The summed E-state index contributed by atoms with van der Waals surface area (Å²) in [6, 6.07) is 10.1. The first-order chi connectivity index (χ1) is 11.7. The highest BCUT2D eigenvalue weighted by atomic mass is 16.2. The molecule has 2 bridgehead atoms. The second-order valence-corrected chi connectivity index (χ2v) is 7.04. The van der Waals surface area contributed by atoms with Crippen molar-refractivity contribution in [3.63, 3.8) is 0 Å². The first-order valence-corrected chi connectivity index (χ1v) is 8.75. The fourth-order valence-electron chi connectivity index (χ4n) is 4.30. The number of amides is 1.